The highest BCUT2D eigenvalue weighted by atomic mass is 19.2. The number of hydrogen-bond donors (Lipinski definition) is 0. The number of aryl methyl sites for hydroxylation is 2. The Morgan fingerprint density at radius 2 is 1.19 bits per heavy atom. The molecule has 0 amide bonds. The monoisotopic (exact) mass is 438 g/mol. The van der Waals surface area contributed by atoms with Gasteiger partial charge in [-0.3, -0.25) is 0 Å². The first-order valence-electron chi connectivity index (χ1n) is 11.8. The van der Waals surface area contributed by atoms with Crippen molar-refractivity contribution >= 4 is 0 Å². The van der Waals surface area contributed by atoms with Crippen molar-refractivity contribution in [3.8, 4) is 22.3 Å². The summed E-state index contributed by atoms with van der Waals surface area (Å²) in [5, 5.41) is 0. The highest BCUT2D eigenvalue weighted by molar-refractivity contribution is 5.71. The minimum atomic E-state index is -0.968. The van der Waals surface area contributed by atoms with Crippen LogP contribution in [0, 0.1) is 24.4 Å². The second kappa shape index (κ2) is 11.9. The molecule has 0 atom stereocenters. The SMILES string of the molecule is CCCCCCCCCCc1ccc(-c2ccc(-c3ccc(C)cc3)cc2F)c(F)c1F. The van der Waals surface area contributed by atoms with Gasteiger partial charge in [-0.15, -0.1) is 0 Å². The van der Waals surface area contributed by atoms with E-state index in [1.54, 1.807) is 12.1 Å². The molecule has 0 aliphatic carbocycles. The zero-order valence-electron chi connectivity index (χ0n) is 19.2. The molecular weight excluding hydrogens is 405 g/mol. The van der Waals surface area contributed by atoms with Crippen molar-refractivity contribution in [1.29, 1.82) is 0 Å². The molecule has 0 heterocycles. The van der Waals surface area contributed by atoms with Gasteiger partial charge in [-0.05, 0) is 42.5 Å². The van der Waals surface area contributed by atoms with Gasteiger partial charge in [0.15, 0.2) is 11.6 Å². The van der Waals surface area contributed by atoms with Crippen LogP contribution in [0.25, 0.3) is 22.3 Å². The average Bonchev–Trinajstić information content (AvgIpc) is 2.79. The highest BCUT2D eigenvalue weighted by Gasteiger charge is 2.17. The van der Waals surface area contributed by atoms with Crippen molar-refractivity contribution in [3.63, 3.8) is 0 Å². The van der Waals surface area contributed by atoms with Crippen molar-refractivity contribution in [1.82, 2.24) is 0 Å². The van der Waals surface area contributed by atoms with Gasteiger partial charge in [0.05, 0.1) is 0 Å². The fraction of sp³-hybridized carbons (Fsp3) is 0.379. The maximum absolute atomic E-state index is 14.8. The van der Waals surface area contributed by atoms with Crippen LogP contribution in [-0.4, -0.2) is 0 Å². The lowest BCUT2D eigenvalue weighted by atomic mass is 9.96. The van der Waals surface area contributed by atoms with E-state index in [4.69, 9.17) is 0 Å². The third-order valence-electron chi connectivity index (χ3n) is 6.11. The van der Waals surface area contributed by atoms with Crippen LogP contribution < -0.4 is 0 Å². The molecule has 0 aliphatic rings. The van der Waals surface area contributed by atoms with E-state index in [9.17, 15) is 13.2 Å². The van der Waals surface area contributed by atoms with Crippen molar-refractivity contribution in [2.24, 2.45) is 0 Å². The molecule has 3 aromatic carbocycles. The van der Waals surface area contributed by atoms with Crippen LogP contribution in [0.4, 0.5) is 13.2 Å². The molecule has 0 nitrogen and oxygen atoms in total. The highest BCUT2D eigenvalue weighted by Crippen LogP contribution is 2.32. The molecule has 0 aliphatic heterocycles. The molecule has 0 saturated heterocycles. The Labute approximate surface area is 190 Å². The molecule has 0 fully saturated rings. The smallest absolute Gasteiger partial charge is 0.167 e. The van der Waals surface area contributed by atoms with E-state index in [-0.39, 0.29) is 11.1 Å². The molecule has 32 heavy (non-hydrogen) atoms. The van der Waals surface area contributed by atoms with Gasteiger partial charge in [-0.1, -0.05) is 106 Å². The van der Waals surface area contributed by atoms with Crippen LogP contribution in [-0.2, 0) is 6.42 Å². The molecule has 0 aromatic heterocycles. The third-order valence-corrected chi connectivity index (χ3v) is 6.11. The number of halogens is 3. The molecule has 0 radical (unpaired) electrons. The van der Waals surface area contributed by atoms with E-state index in [2.05, 4.69) is 6.92 Å². The van der Waals surface area contributed by atoms with Gasteiger partial charge in [0.25, 0.3) is 0 Å². The Balaban J connectivity index is 1.65. The van der Waals surface area contributed by atoms with Crippen LogP contribution >= 0.6 is 0 Å². The fourth-order valence-corrected chi connectivity index (χ4v) is 4.10. The minimum absolute atomic E-state index is 0.0323. The van der Waals surface area contributed by atoms with Gasteiger partial charge in [0.1, 0.15) is 5.82 Å². The van der Waals surface area contributed by atoms with Gasteiger partial charge in [-0.25, -0.2) is 13.2 Å². The Bertz CT molecular complexity index is 1010. The van der Waals surface area contributed by atoms with Crippen LogP contribution in [0.2, 0.25) is 0 Å². The Morgan fingerprint density at radius 3 is 1.84 bits per heavy atom. The molecule has 3 rings (SSSR count). The summed E-state index contributed by atoms with van der Waals surface area (Å²) in [6.07, 6.45) is 9.74. The summed E-state index contributed by atoms with van der Waals surface area (Å²) in [5.41, 5.74) is 3.13. The van der Waals surface area contributed by atoms with Gasteiger partial charge in [0.2, 0.25) is 0 Å². The Kier molecular flexibility index (Phi) is 8.96. The van der Waals surface area contributed by atoms with Gasteiger partial charge >= 0.3 is 0 Å². The quantitative estimate of drug-likeness (QED) is 0.262. The number of benzene rings is 3. The predicted octanol–water partition coefficient (Wildman–Crippen LogP) is 9.43. The largest absolute Gasteiger partial charge is 0.206 e. The average molecular weight is 439 g/mol. The van der Waals surface area contributed by atoms with Crippen LogP contribution in [0.1, 0.15) is 69.4 Å². The predicted molar refractivity (Wildman–Crippen MR) is 128 cm³/mol. The summed E-state index contributed by atoms with van der Waals surface area (Å²) < 4.78 is 44.3. The minimum Gasteiger partial charge on any atom is -0.206 e. The van der Waals surface area contributed by atoms with Gasteiger partial charge < -0.3 is 0 Å². The molecule has 0 N–H and O–H groups in total. The van der Waals surface area contributed by atoms with E-state index in [1.165, 1.54) is 50.3 Å². The molecule has 3 aromatic rings. The van der Waals surface area contributed by atoms with Gasteiger partial charge in [0, 0.05) is 11.1 Å². The molecule has 0 unspecified atom stereocenters. The summed E-state index contributed by atoms with van der Waals surface area (Å²) in [5.74, 6) is -2.38. The second-order valence-electron chi connectivity index (χ2n) is 8.69. The topological polar surface area (TPSA) is 0 Å². The van der Waals surface area contributed by atoms with E-state index in [1.807, 2.05) is 31.2 Å². The number of hydrogen-bond acceptors (Lipinski definition) is 0. The molecule has 0 saturated carbocycles. The lowest BCUT2D eigenvalue weighted by Gasteiger charge is -2.11. The normalized spacial score (nSPS) is 11.2. The number of rotatable bonds is 11. The summed E-state index contributed by atoms with van der Waals surface area (Å²) in [6, 6.07) is 15.5. The van der Waals surface area contributed by atoms with Gasteiger partial charge in [-0.2, -0.15) is 0 Å². The van der Waals surface area contributed by atoms with Crippen molar-refractivity contribution in [2.45, 2.75) is 71.6 Å². The summed E-state index contributed by atoms with van der Waals surface area (Å²) in [6.45, 7) is 4.19. The molecule has 3 heteroatoms. The lowest BCUT2D eigenvalue weighted by Crippen LogP contribution is -1.99. The van der Waals surface area contributed by atoms with Crippen molar-refractivity contribution < 1.29 is 13.2 Å². The number of unbranched alkanes of at least 4 members (excludes halogenated alkanes) is 7. The standard InChI is InChI=1S/C29H33F3/c1-3-4-5-6-7-8-9-10-11-23-16-19-26(29(32)28(23)31)25-18-17-24(20-27(25)30)22-14-12-21(2)13-15-22/h12-20H,3-11H2,1-2H3. The van der Waals surface area contributed by atoms with Crippen molar-refractivity contribution in [2.75, 3.05) is 0 Å². The first-order valence-corrected chi connectivity index (χ1v) is 11.8. The Morgan fingerprint density at radius 1 is 0.594 bits per heavy atom. The van der Waals surface area contributed by atoms with E-state index < -0.39 is 17.5 Å². The fourth-order valence-electron chi connectivity index (χ4n) is 4.10. The lowest BCUT2D eigenvalue weighted by molar-refractivity contribution is 0.496. The first-order chi connectivity index (χ1) is 15.5. The van der Waals surface area contributed by atoms with E-state index >= 15 is 0 Å². The maximum Gasteiger partial charge on any atom is 0.167 e. The van der Waals surface area contributed by atoms with Crippen molar-refractivity contribution in [3.05, 3.63) is 83.2 Å². The zero-order valence-corrected chi connectivity index (χ0v) is 19.2. The molecule has 0 bridgehead atoms. The zero-order chi connectivity index (χ0) is 22.9. The maximum atomic E-state index is 14.8. The van der Waals surface area contributed by atoms with E-state index in [0.29, 0.717) is 17.5 Å². The first kappa shape index (κ1) is 24.1. The van der Waals surface area contributed by atoms with Crippen LogP contribution in [0.15, 0.2) is 54.6 Å². The summed E-state index contributed by atoms with van der Waals surface area (Å²) >= 11 is 0. The Hall–Kier alpha value is -2.55. The summed E-state index contributed by atoms with van der Waals surface area (Å²) in [7, 11) is 0. The van der Waals surface area contributed by atoms with Crippen LogP contribution in [0.3, 0.4) is 0 Å². The molecule has 0 spiro atoms. The molecular formula is C29H33F3. The third kappa shape index (κ3) is 6.25. The second-order valence-corrected chi connectivity index (χ2v) is 8.69. The summed E-state index contributed by atoms with van der Waals surface area (Å²) in [4.78, 5) is 0. The molecule has 170 valence electrons. The van der Waals surface area contributed by atoms with Crippen LogP contribution in [0.5, 0.6) is 0 Å². The van der Waals surface area contributed by atoms with E-state index in [0.717, 1.165) is 30.4 Å².